The number of aliphatic imine (C=N–C) groups is 1. The first-order chi connectivity index (χ1) is 13.6. The molecule has 0 radical (unpaired) electrons. The van der Waals surface area contributed by atoms with Crippen molar-refractivity contribution >= 4 is 41.7 Å². The molecule has 0 aliphatic heterocycles. The SMILES string of the molecule is CN=C(NCCCc1ccccc1)NCCCc1nnc(SC)n1CC(C)C.I. The fraction of sp³-hybridized carbons (Fsp3) is 0.571. The summed E-state index contributed by atoms with van der Waals surface area (Å²) in [7, 11) is 1.82. The summed E-state index contributed by atoms with van der Waals surface area (Å²) < 4.78 is 2.26. The van der Waals surface area contributed by atoms with Gasteiger partial charge >= 0.3 is 0 Å². The number of thioether (sulfide) groups is 1. The predicted molar refractivity (Wildman–Crippen MR) is 135 cm³/mol. The van der Waals surface area contributed by atoms with E-state index in [-0.39, 0.29) is 24.0 Å². The van der Waals surface area contributed by atoms with Crippen LogP contribution in [0.15, 0.2) is 40.5 Å². The molecule has 0 bridgehead atoms. The summed E-state index contributed by atoms with van der Waals surface area (Å²) in [4.78, 5) is 4.31. The van der Waals surface area contributed by atoms with Gasteiger partial charge in [-0.2, -0.15) is 0 Å². The van der Waals surface area contributed by atoms with Gasteiger partial charge in [-0.05, 0) is 37.0 Å². The first-order valence-corrected chi connectivity index (χ1v) is 11.3. The lowest BCUT2D eigenvalue weighted by molar-refractivity contribution is 0.477. The van der Waals surface area contributed by atoms with E-state index in [9.17, 15) is 0 Å². The van der Waals surface area contributed by atoms with E-state index in [2.05, 4.69) is 80.8 Å². The van der Waals surface area contributed by atoms with E-state index in [4.69, 9.17) is 0 Å². The summed E-state index contributed by atoms with van der Waals surface area (Å²) in [5, 5.41) is 16.5. The molecule has 2 rings (SSSR count). The monoisotopic (exact) mass is 530 g/mol. The third-order valence-corrected chi connectivity index (χ3v) is 5.06. The zero-order chi connectivity index (χ0) is 20.2. The van der Waals surface area contributed by atoms with Gasteiger partial charge in [-0.3, -0.25) is 4.99 Å². The second-order valence-electron chi connectivity index (χ2n) is 7.23. The molecule has 29 heavy (non-hydrogen) atoms. The summed E-state index contributed by atoms with van der Waals surface area (Å²) in [6.07, 6.45) is 6.13. The number of aromatic nitrogens is 3. The Labute approximate surface area is 196 Å². The quantitative estimate of drug-likeness (QED) is 0.151. The van der Waals surface area contributed by atoms with Crippen LogP contribution in [0.3, 0.4) is 0 Å². The van der Waals surface area contributed by atoms with Gasteiger partial charge in [0.2, 0.25) is 0 Å². The molecule has 0 spiro atoms. The molecule has 0 aliphatic carbocycles. The Hall–Kier alpha value is -1.29. The molecular weight excluding hydrogens is 495 g/mol. The van der Waals surface area contributed by atoms with Crippen LogP contribution in [0.2, 0.25) is 0 Å². The molecule has 162 valence electrons. The zero-order valence-electron chi connectivity index (χ0n) is 18.0. The van der Waals surface area contributed by atoms with Crippen molar-refractivity contribution in [3.05, 3.63) is 41.7 Å². The second-order valence-corrected chi connectivity index (χ2v) is 8.00. The van der Waals surface area contributed by atoms with Crippen LogP contribution in [0.4, 0.5) is 0 Å². The van der Waals surface area contributed by atoms with E-state index in [0.29, 0.717) is 5.92 Å². The highest BCUT2D eigenvalue weighted by Crippen LogP contribution is 2.16. The highest BCUT2D eigenvalue weighted by molar-refractivity contribution is 14.0. The van der Waals surface area contributed by atoms with E-state index in [1.807, 2.05) is 7.05 Å². The molecule has 1 aromatic carbocycles. The number of hydrogen-bond donors (Lipinski definition) is 2. The predicted octanol–water partition coefficient (Wildman–Crippen LogP) is 4.00. The number of rotatable bonds is 11. The number of nitrogens with zero attached hydrogens (tertiary/aromatic N) is 4. The maximum Gasteiger partial charge on any atom is 0.190 e. The van der Waals surface area contributed by atoms with Crippen molar-refractivity contribution in [1.82, 2.24) is 25.4 Å². The first-order valence-electron chi connectivity index (χ1n) is 10.1. The zero-order valence-corrected chi connectivity index (χ0v) is 21.2. The van der Waals surface area contributed by atoms with Crippen LogP contribution in [0, 0.1) is 5.92 Å². The lowest BCUT2D eigenvalue weighted by Crippen LogP contribution is -2.38. The Morgan fingerprint density at radius 2 is 1.72 bits per heavy atom. The molecule has 1 heterocycles. The summed E-state index contributed by atoms with van der Waals surface area (Å²) in [6, 6.07) is 10.6. The Balaban J connectivity index is 0.00000420. The number of hydrogen-bond acceptors (Lipinski definition) is 4. The van der Waals surface area contributed by atoms with Crippen molar-refractivity contribution in [2.75, 3.05) is 26.4 Å². The molecule has 0 atom stereocenters. The van der Waals surface area contributed by atoms with E-state index < -0.39 is 0 Å². The van der Waals surface area contributed by atoms with E-state index >= 15 is 0 Å². The van der Waals surface area contributed by atoms with Gasteiger partial charge in [-0.25, -0.2) is 0 Å². The highest BCUT2D eigenvalue weighted by atomic mass is 127. The van der Waals surface area contributed by atoms with Crippen LogP contribution in [0.1, 0.15) is 38.1 Å². The topological polar surface area (TPSA) is 67.1 Å². The van der Waals surface area contributed by atoms with Gasteiger partial charge in [0.25, 0.3) is 0 Å². The van der Waals surface area contributed by atoms with Crippen LogP contribution >= 0.6 is 35.7 Å². The van der Waals surface area contributed by atoms with Gasteiger partial charge in [-0.15, -0.1) is 34.2 Å². The Morgan fingerprint density at radius 3 is 2.31 bits per heavy atom. The minimum Gasteiger partial charge on any atom is -0.356 e. The van der Waals surface area contributed by atoms with Gasteiger partial charge < -0.3 is 15.2 Å². The Morgan fingerprint density at radius 1 is 1.07 bits per heavy atom. The molecule has 6 nitrogen and oxygen atoms in total. The average Bonchev–Trinajstić information content (AvgIpc) is 3.08. The molecule has 0 fully saturated rings. The molecule has 0 amide bonds. The van der Waals surface area contributed by atoms with Crippen LogP contribution in [-0.4, -0.2) is 47.1 Å². The van der Waals surface area contributed by atoms with Gasteiger partial charge in [0.15, 0.2) is 11.1 Å². The number of nitrogens with one attached hydrogen (secondary N) is 2. The molecular formula is C21H35IN6S. The average molecular weight is 531 g/mol. The molecule has 0 saturated carbocycles. The van der Waals surface area contributed by atoms with Crippen LogP contribution in [0.25, 0.3) is 0 Å². The van der Waals surface area contributed by atoms with Gasteiger partial charge in [-0.1, -0.05) is 55.9 Å². The fourth-order valence-electron chi connectivity index (χ4n) is 3.02. The van der Waals surface area contributed by atoms with Crippen molar-refractivity contribution in [2.24, 2.45) is 10.9 Å². The minimum atomic E-state index is 0. The summed E-state index contributed by atoms with van der Waals surface area (Å²) in [5.41, 5.74) is 1.38. The normalized spacial score (nSPS) is 11.4. The molecule has 2 aromatic rings. The van der Waals surface area contributed by atoms with Crippen molar-refractivity contribution in [2.45, 2.75) is 51.2 Å². The van der Waals surface area contributed by atoms with Crippen LogP contribution in [-0.2, 0) is 19.4 Å². The summed E-state index contributed by atoms with van der Waals surface area (Å²) in [6.45, 7) is 7.19. The van der Waals surface area contributed by atoms with E-state index in [1.165, 1.54) is 5.56 Å². The van der Waals surface area contributed by atoms with Gasteiger partial charge in [0.05, 0.1) is 0 Å². The molecule has 2 N–H and O–H groups in total. The molecule has 0 unspecified atom stereocenters. The Bertz CT molecular complexity index is 717. The summed E-state index contributed by atoms with van der Waals surface area (Å²) in [5.74, 6) is 2.52. The number of guanidine groups is 1. The van der Waals surface area contributed by atoms with Crippen LogP contribution in [0.5, 0.6) is 0 Å². The number of halogens is 1. The van der Waals surface area contributed by atoms with Crippen molar-refractivity contribution in [1.29, 1.82) is 0 Å². The molecule has 1 aromatic heterocycles. The largest absolute Gasteiger partial charge is 0.356 e. The van der Waals surface area contributed by atoms with E-state index in [0.717, 1.165) is 62.3 Å². The highest BCUT2D eigenvalue weighted by Gasteiger charge is 2.12. The van der Waals surface area contributed by atoms with Crippen molar-refractivity contribution < 1.29 is 0 Å². The molecule has 8 heteroatoms. The second kappa shape index (κ2) is 14.7. The number of aryl methyl sites for hydroxylation is 2. The van der Waals surface area contributed by atoms with Gasteiger partial charge in [0, 0.05) is 33.1 Å². The van der Waals surface area contributed by atoms with Gasteiger partial charge in [0.1, 0.15) is 5.82 Å². The third kappa shape index (κ3) is 9.37. The number of benzene rings is 1. The maximum absolute atomic E-state index is 4.38. The molecule has 0 aliphatic rings. The standard InChI is InChI=1S/C21H34N6S.HI/c1-17(2)16-27-19(25-26-21(27)28-4)13-9-15-24-20(22-3)23-14-8-12-18-10-6-5-7-11-18;/h5-7,10-11,17H,8-9,12-16H2,1-4H3,(H2,22,23,24);1H. The fourth-order valence-corrected chi connectivity index (χ4v) is 3.54. The molecule has 0 saturated heterocycles. The van der Waals surface area contributed by atoms with Crippen LogP contribution < -0.4 is 10.6 Å². The third-order valence-electron chi connectivity index (χ3n) is 4.39. The summed E-state index contributed by atoms with van der Waals surface area (Å²) >= 11 is 1.66. The first kappa shape index (κ1) is 25.7. The lowest BCUT2D eigenvalue weighted by atomic mass is 10.1. The smallest absolute Gasteiger partial charge is 0.190 e. The van der Waals surface area contributed by atoms with Crippen molar-refractivity contribution in [3.63, 3.8) is 0 Å². The minimum absolute atomic E-state index is 0. The van der Waals surface area contributed by atoms with E-state index in [1.54, 1.807) is 11.8 Å². The Kier molecular flexibility index (Phi) is 13.0. The lowest BCUT2D eigenvalue weighted by Gasteiger charge is -2.13. The van der Waals surface area contributed by atoms with Crippen molar-refractivity contribution in [3.8, 4) is 0 Å². The maximum atomic E-state index is 4.38.